The van der Waals surface area contributed by atoms with E-state index in [1.165, 1.54) is 35.3 Å². The molecular weight excluding hydrogens is 371 g/mol. The maximum atomic E-state index is 13.5. The van der Waals surface area contributed by atoms with Gasteiger partial charge >= 0.3 is 0 Å². The van der Waals surface area contributed by atoms with Gasteiger partial charge in [-0.3, -0.25) is 0 Å². The molecule has 0 aliphatic heterocycles. The number of primary sulfonamides is 1. The topological polar surface area (TPSA) is 116 Å². The van der Waals surface area contributed by atoms with Gasteiger partial charge in [0.25, 0.3) is 0 Å². The Morgan fingerprint density at radius 1 is 1.07 bits per heavy atom. The third kappa shape index (κ3) is 3.35. The fourth-order valence-electron chi connectivity index (χ4n) is 2.61. The largest absolute Gasteiger partial charge is 0.340 e. The second kappa shape index (κ2) is 6.41. The number of nitrogens with one attached hydrogen (secondary N) is 1. The summed E-state index contributed by atoms with van der Waals surface area (Å²) in [6, 6.07) is 12.0. The predicted molar refractivity (Wildman–Crippen MR) is 97.7 cm³/mol. The Kier molecular flexibility index (Phi) is 4.05. The summed E-state index contributed by atoms with van der Waals surface area (Å²) in [5.41, 5.74) is 1.65. The van der Waals surface area contributed by atoms with Crippen molar-refractivity contribution in [2.75, 3.05) is 5.32 Å². The Hall–Kier alpha value is -3.37. The SMILES string of the molecule is NS(=O)(=O)c1ccc(Nc2ncnc3c2cnn3-c2cccc(F)c2)cc1. The molecule has 3 N–H and O–H groups in total. The van der Waals surface area contributed by atoms with Gasteiger partial charge in [-0.05, 0) is 42.5 Å². The summed E-state index contributed by atoms with van der Waals surface area (Å²) in [6.07, 6.45) is 2.93. The maximum Gasteiger partial charge on any atom is 0.238 e. The molecule has 0 aliphatic carbocycles. The van der Waals surface area contributed by atoms with E-state index in [2.05, 4.69) is 20.4 Å². The van der Waals surface area contributed by atoms with Crippen LogP contribution in [-0.2, 0) is 10.0 Å². The quantitative estimate of drug-likeness (QED) is 0.558. The minimum Gasteiger partial charge on any atom is -0.340 e. The summed E-state index contributed by atoms with van der Waals surface area (Å²) in [5, 5.41) is 13.1. The number of sulfonamides is 1. The molecule has 0 saturated carbocycles. The van der Waals surface area contributed by atoms with Gasteiger partial charge < -0.3 is 5.32 Å². The van der Waals surface area contributed by atoms with Crippen molar-refractivity contribution in [2.45, 2.75) is 4.90 Å². The molecule has 2 heterocycles. The first kappa shape index (κ1) is 17.1. The molecule has 0 saturated heterocycles. The number of hydrogen-bond acceptors (Lipinski definition) is 6. The van der Waals surface area contributed by atoms with E-state index < -0.39 is 10.0 Å². The van der Waals surface area contributed by atoms with Crippen LogP contribution in [0, 0.1) is 5.82 Å². The molecule has 10 heteroatoms. The fraction of sp³-hybridized carbons (Fsp3) is 0. The normalized spacial score (nSPS) is 11.6. The van der Waals surface area contributed by atoms with E-state index in [9.17, 15) is 12.8 Å². The zero-order chi connectivity index (χ0) is 19.0. The van der Waals surface area contributed by atoms with Crippen molar-refractivity contribution in [3.63, 3.8) is 0 Å². The monoisotopic (exact) mass is 384 g/mol. The molecule has 4 rings (SSSR count). The van der Waals surface area contributed by atoms with Crippen LogP contribution in [0.5, 0.6) is 0 Å². The third-order valence-corrected chi connectivity index (χ3v) is 4.79. The fourth-order valence-corrected chi connectivity index (χ4v) is 3.12. The molecule has 2 aromatic heterocycles. The van der Waals surface area contributed by atoms with E-state index in [1.807, 2.05) is 0 Å². The van der Waals surface area contributed by atoms with Crippen molar-refractivity contribution < 1.29 is 12.8 Å². The van der Waals surface area contributed by atoms with Crippen molar-refractivity contribution in [1.82, 2.24) is 19.7 Å². The Labute approximate surface area is 153 Å². The average Bonchev–Trinajstić information content (AvgIpc) is 3.07. The van der Waals surface area contributed by atoms with Crippen LogP contribution in [0.2, 0.25) is 0 Å². The number of fused-ring (bicyclic) bond motifs is 1. The second-order valence-electron chi connectivity index (χ2n) is 5.69. The highest BCUT2D eigenvalue weighted by atomic mass is 32.2. The van der Waals surface area contributed by atoms with Crippen LogP contribution in [0.3, 0.4) is 0 Å². The van der Waals surface area contributed by atoms with Gasteiger partial charge in [0.1, 0.15) is 18.0 Å². The molecule has 4 aromatic rings. The zero-order valence-electron chi connectivity index (χ0n) is 13.7. The highest BCUT2D eigenvalue weighted by Crippen LogP contribution is 2.25. The lowest BCUT2D eigenvalue weighted by Crippen LogP contribution is -2.11. The second-order valence-corrected chi connectivity index (χ2v) is 7.25. The molecular formula is C17H13FN6O2S. The molecule has 0 amide bonds. The molecule has 27 heavy (non-hydrogen) atoms. The van der Waals surface area contributed by atoms with E-state index in [0.717, 1.165) is 0 Å². The van der Waals surface area contributed by atoms with Gasteiger partial charge in [-0.1, -0.05) is 6.07 Å². The maximum absolute atomic E-state index is 13.5. The van der Waals surface area contributed by atoms with Crippen molar-refractivity contribution >= 4 is 32.6 Å². The number of aromatic nitrogens is 4. The standard InChI is InChI=1S/C17H13FN6O2S/c18-11-2-1-3-13(8-11)24-17-15(9-22-24)16(20-10-21-17)23-12-4-6-14(7-5-12)27(19,25)26/h1-10H,(H2,19,25,26)(H,20,21,23). The molecule has 8 nitrogen and oxygen atoms in total. The Morgan fingerprint density at radius 2 is 1.85 bits per heavy atom. The first-order valence-electron chi connectivity index (χ1n) is 7.76. The number of halogens is 1. The lowest BCUT2D eigenvalue weighted by atomic mass is 10.3. The van der Waals surface area contributed by atoms with E-state index in [1.54, 1.807) is 30.5 Å². The van der Waals surface area contributed by atoms with Crippen molar-refractivity contribution in [2.24, 2.45) is 5.14 Å². The molecule has 2 aromatic carbocycles. The van der Waals surface area contributed by atoms with Crippen LogP contribution in [0.4, 0.5) is 15.9 Å². The Bertz CT molecular complexity index is 1240. The Morgan fingerprint density at radius 3 is 2.56 bits per heavy atom. The number of hydrogen-bond donors (Lipinski definition) is 2. The summed E-state index contributed by atoms with van der Waals surface area (Å²) < 4.78 is 37.7. The van der Waals surface area contributed by atoms with E-state index in [0.29, 0.717) is 28.2 Å². The van der Waals surface area contributed by atoms with Crippen LogP contribution in [0.25, 0.3) is 16.7 Å². The van der Waals surface area contributed by atoms with Gasteiger partial charge in [0.05, 0.1) is 22.2 Å². The van der Waals surface area contributed by atoms with Crippen molar-refractivity contribution in [3.8, 4) is 5.69 Å². The predicted octanol–water partition coefficient (Wildman–Crippen LogP) is 2.35. The first-order chi connectivity index (χ1) is 12.9. The average molecular weight is 384 g/mol. The van der Waals surface area contributed by atoms with Gasteiger partial charge in [0.15, 0.2) is 5.65 Å². The van der Waals surface area contributed by atoms with Gasteiger partial charge in [-0.25, -0.2) is 32.6 Å². The third-order valence-electron chi connectivity index (χ3n) is 3.86. The molecule has 0 aliphatic rings. The Balaban J connectivity index is 1.71. The smallest absolute Gasteiger partial charge is 0.238 e. The van der Waals surface area contributed by atoms with Crippen LogP contribution in [-0.4, -0.2) is 28.2 Å². The van der Waals surface area contributed by atoms with Gasteiger partial charge in [0, 0.05) is 5.69 Å². The summed E-state index contributed by atoms with van der Waals surface area (Å²) in [6.45, 7) is 0. The van der Waals surface area contributed by atoms with Crippen molar-refractivity contribution in [3.05, 3.63) is 66.9 Å². The number of anilines is 2. The van der Waals surface area contributed by atoms with Crippen LogP contribution in [0.1, 0.15) is 0 Å². The van der Waals surface area contributed by atoms with E-state index >= 15 is 0 Å². The first-order valence-corrected chi connectivity index (χ1v) is 9.31. The molecule has 0 spiro atoms. The lowest BCUT2D eigenvalue weighted by molar-refractivity contribution is 0.598. The summed E-state index contributed by atoms with van der Waals surface area (Å²) in [4.78, 5) is 8.45. The van der Waals surface area contributed by atoms with Crippen LogP contribution >= 0.6 is 0 Å². The molecule has 0 radical (unpaired) electrons. The minimum atomic E-state index is -3.76. The molecule has 0 atom stereocenters. The van der Waals surface area contributed by atoms with Crippen molar-refractivity contribution in [1.29, 1.82) is 0 Å². The van der Waals surface area contributed by atoms with E-state index in [-0.39, 0.29) is 10.7 Å². The van der Waals surface area contributed by atoms with E-state index in [4.69, 9.17) is 5.14 Å². The summed E-state index contributed by atoms with van der Waals surface area (Å²) >= 11 is 0. The number of benzene rings is 2. The number of rotatable bonds is 4. The zero-order valence-corrected chi connectivity index (χ0v) is 14.6. The van der Waals surface area contributed by atoms with Crippen LogP contribution in [0.15, 0.2) is 66.0 Å². The highest BCUT2D eigenvalue weighted by molar-refractivity contribution is 7.89. The highest BCUT2D eigenvalue weighted by Gasteiger charge is 2.12. The summed E-state index contributed by atoms with van der Waals surface area (Å²) in [7, 11) is -3.76. The lowest BCUT2D eigenvalue weighted by Gasteiger charge is -2.07. The molecule has 0 bridgehead atoms. The summed E-state index contributed by atoms with van der Waals surface area (Å²) in [5.74, 6) is 0.101. The number of nitrogens with two attached hydrogens (primary N) is 1. The van der Waals surface area contributed by atoms with Gasteiger partial charge in [-0.15, -0.1) is 0 Å². The van der Waals surface area contributed by atoms with Crippen LogP contribution < -0.4 is 10.5 Å². The van der Waals surface area contributed by atoms with Gasteiger partial charge in [0.2, 0.25) is 10.0 Å². The molecule has 0 unspecified atom stereocenters. The number of nitrogens with zero attached hydrogens (tertiary/aromatic N) is 4. The molecule has 0 fully saturated rings. The molecule has 136 valence electrons. The van der Waals surface area contributed by atoms with Gasteiger partial charge in [-0.2, -0.15) is 5.10 Å². The minimum absolute atomic E-state index is 0.0137.